The third kappa shape index (κ3) is 2.77. The highest BCUT2D eigenvalue weighted by Crippen LogP contribution is 2.10. The average molecular weight is 310 g/mol. The number of hydrogen-bond acceptors (Lipinski definition) is 3. The van der Waals surface area contributed by atoms with Gasteiger partial charge < -0.3 is 5.73 Å². The maximum atomic E-state index is 11.6. The van der Waals surface area contributed by atoms with Gasteiger partial charge in [-0.2, -0.15) is 0 Å². The van der Waals surface area contributed by atoms with Crippen molar-refractivity contribution in [2.75, 3.05) is 0 Å². The first-order valence-corrected chi connectivity index (χ1v) is 6.16. The van der Waals surface area contributed by atoms with Gasteiger partial charge in [-0.25, -0.2) is 4.79 Å². The molecule has 0 unspecified atom stereocenters. The van der Waals surface area contributed by atoms with Gasteiger partial charge in [0.15, 0.2) is 0 Å². The minimum absolute atomic E-state index is 0.107. The molecule has 0 fully saturated rings. The van der Waals surface area contributed by atoms with Crippen LogP contribution in [0.2, 0.25) is 0 Å². The van der Waals surface area contributed by atoms with E-state index in [1.54, 1.807) is 0 Å². The summed E-state index contributed by atoms with van der Waals surface area (Å²) in [5.41, 5.74) is 5.95. The van der Waals surface area contributed by atoms with Gasteiger partial charge in [-0.15, -0.1) is 0 Å². The number of hydrogen-bond donors (Lipinski definition) is 2. The molecule has 2 rings (SSSR count). The molecular formula is C12H12BrN3O2. The van der Waals surface area contributed by atoms with Crippen molar-refractivity contribution in [2.24, 2.45) is 5.73 Å². The number of nitrogens with zero attached hydrogens (tertiary/aromatic N) is 1. The van der Waals surface area contributed by atoms with E-state index < -0.39 is 11.2 Å². The van der Waals surface area contributed by atoms with E-state index in [1.165, 1.54) is 10.8 Å². The number of halogens is 1. The van der Waals surface area contributed by atoms with Gasteiger partial charge in [-0.05, 0) is 17.7 Å². The number of aromatic amines is 1. The van der Waals surface area contributed by atoms with E-state index in [0.29, 0.717) is 12.1 Å². The normalized spacial score (nSPS) is 10.6. The number of nitrogens with one attached hydrogen (secondary N) is 1. The molecule has 1 heterocycles. The molecule has 94 valence electrons. The zero-order valence-corrected chi connectivity index (χ0v) is 11.1. The van der Waals surface area contributed by atoms with Crippen LogP contribution in [-0.4, -0.2) is 9.55 Å². The molecule has 18 heavy (non-hydrogen) atoms. The first-order valence-electron chi connectivity index (χ1n) is 5.37. The van der Waals surface area contributed by atoms with Crippen LogP contribution in [0.25, 0.3) is 0 Å². The van der Waals surface area contributed by atoms with Crippen molar-refractivity contribution in [3.05, 3.63) is 66.9 Å². The van der Waals surface area contributed by atoms with E-state index in [-0.39, 0.29) is 6.54 Å². The molecule has 0 atom stereocenters. The number of aromatic nitrogens is 2. The molecule has 5 nitrogen and oxygen atoms in total. The molecule has 0 aliphatic carbocycles. The van der Waals surface area contributed by atoms with Crippen molar-refractivity contribution in [3.8, 4) is 0 Å². The fourth-order valence-corrected chi connectivity index (χ4v) is 1.87. The Balaban J connectivity index is 2.37. The Morgan fingerprint density at radius 3 is 2.50 bits per heavy atom. The molecule has 1 aromatic heterocycles. The third-order valence-corrected chi connectivity index (χ3v) is 3.10. The van der Waals surface area contributed by atoms with Crippen molar-refractivity contribution >= 4 is 15.9 Å². The lowest BCUT2D eigenvalue weighted by atomic mass is 10.2. The van der Waals surface area contributed by atoms with Crippen molar-refractivity contribution in [2.45, 2.75) is 13.1 Å². The number of H-pyrrole nitrogens is 1. The zero-order chi connectivity index (χ0) is 13.1. The molecule has 2 aromatic rings. The van der Waals surface area contributed by atoms with Crippen LogP contribution in [0.5, 0.6) is 0 Å². The van der Waals surface area contributed by atoms with E-state index in [0.717, 1.165) is 10.0 Å². The molecule has 3 N–H and O–H groups in total. The lowest BCUT2D eigenvalue weighted by molar-refractivity contribution is 0.706. The van der Waals surface area contributed by atoms with Gasteiger partial charge in [0.05, 0.1) is 6.54 Å². The molecule has 0 aliphatic heterocycles. The van der Waals surface area contributed by atoms with Gasteiger partial charge >= 0.3 is 5.69 Å². The quantitative estimate of drug-likeness (QED) is 0.880. The summed E-state index contributed by atoms with van der Waals surface area (Å²) in [6.45, 7) is 0.506. The second-order valence-electron chi connectivity index (χ2n) is 3.87. The minimum atomic E-state index is -0.430. The summed E-state index contributed by atoms with van der Waals surface area (Å²) in [7, 11) is 0. The zero-order valence-electron chi connectivity index (χ0n) is 9.52. The van der Waals surface area contributed by atoms with Crippen LogP contribution in [-0.2, 0) is 13.1 Å². The van der Waals surface area contributed by atoms with Crippen LogP contribution in [0, 0.1) is 0 Å². The van der Waals surface area contributed by atoms with Crippen LogP contribution in [0.4, 0.5) is 0 Å². The predicted molar refractivity (Wildman–Crippen MR) is 72.5 cm³/mol. The second kappa shape index (κ2) is 5.32. The first-order chi connectivity index (χ1) is 8.60. The Hall–Kier alpha value is -1.66. The molecule has 0 amide bonds. The van der Waals surface area contributed by atoms with Crippen LogP contribution >= 0.6 is 15.9 Å². The minimum Gasteiger partial charge on any atom is -0.326 e. The van der Waals surface area contributed by atoms with Gasteiger partial charge in [-0.3, -0.25) is 14.3 Å². The van der Waals surface area contributed by atoms with Crippen molar-refractivity contribution in [1.29, 1.82) is 0 Å². The number of benzene rings is 1. The topological polar surface area (TPSA) is 80.9 Å². The van der Waals surface area contributed by atoms with Crippen LogP contribution in [0.15, 0.2) is 44.5 Å². The predicted octanol–water partition coefficient (Wildman–Crippen LogP) is 0.806. The summed E-state index contributed by atoms with van der Waals surface area (Å²) in [5, 5.41) is 0. The van der Waals surface area contributed by atoms with E-state index in [2.05, 4.69) is 20.9 Å². The standard InChI is InChI=1S/C12H12BrN3O2/c13-10-3-1-8(2-4-10)6-16-7-9(5-14)11(17)15-12(16)18/h1-4,7H,5-6,14H2,(H,15,17,18). The summed E-state index contributed by atoms with van der Waals surface area (Å²) < 4.78 is 2.41. The fourth-order valence-electron chi connectivity index (χ4n) is 1.60. The second-order valence-corrected chi connectivity index (χ2v) is 4.79. The average Bonchev–Trinajstić information content (AvgIpc) is 2.35. The van der Waals surface area contributed by atoms with Gasteiger partial charge in [0, 0.05) is 22.8 Å². The Labute approximate surface area is 111 Å². The Kier molecular flexibility index (Phi) is 3.78. The highest BCUT2D eigenvalue weighted by Gasteiger charge is 2.03. The highest BCUT2D eigenvalue weighted by molar-refractivity contribution is 9.10. The monoisotopic (exact) mass is 309 g/mol. The smallest absolute Gasteiger partial charge is 0.326 e. The Bertz CT molecular complexity index is 658. The van der Waals surface area contributed by atoms with Gasteiger partial charge in [0.25, 0.3) is 5.56 Å². The van der Waals surface area contributed by atoms with Crippen LogP contribution in [0.1, 0.15) is 11.1 Å². The molecule has 1 aromatic carbocycles. The van der Waals surface area contributed by atoms with E-state index in [4.69, 9.17) is 5.73 Å². The molecule has 0 saturated carbocycles. The summed E-state index contributed by atoms with van der Waals surface area (Å²) in [6, 6.07) is 7.61. The summed E-state index contributed by atoms with van der Waals surface area (Å²) in [6.07, 6.45) is 1.50. The third-order valence-electron chi connectivity index (χ3n) is 2.57. The highest BCUT2D eigenvalue weighted by atomic mass is 79.9. The Morgan fingerprint density at radius 1 is 1.22 bits per heavy atom. The Morgan fingerprint density at radius 2 is 1.89 bits per heavy atom. The molecule has 0 saturated heterocycles. The largest absolute Gasteiger partial charge is 0.328 e. The summed E-state index contributed by atoms with van der Waals surface area (Å²) in [5.74, 6) is 0. The van der Waals surface area contributed by atoms with Gasteiger partial charge in [-0.1, -0.05) is 28.1 Å². The van der Waals surface area contributed by atoms with Crippen molar-refractivity contribution in [1.82, 2.24) is 9.55 Å². The summed E-state index contributed by atoms with van der Waals surface area (Å²) >= 11 is 3.35. The van der Waals surface area contributed by atoms with Crippen LogP contribution in [0.3, 0.4) is 0 Å². The van der Waals surface area contributed by atoms with E-state index in [1.807, 2.05) is 24.3 Å². The lowest BCUT2D eigenvalue weighted by Gasteiger charge is -2.07. The van der Waals surface area contributed by atoms with E-state index >= 15 is 0 Å². The number of nitrogens with two attached hydrogens (primary N) is 1. The van der Waals surface area contributed by atoms with Gasteiger partial charge in [0.1, 0.15) is 0 Å². The lowest BCUT2D eigenvalue weighted by Crippen LogP contribution is -2.32. The molecule has 0 bridgehead atoms. The molecule has 0 spiro atoms. The maximum absolute atomic E-state index is 11.6. The maximum Gasteiger partial charge on any atom is 0.328 e. The van der Waals surface area contributed by atoms with Gasteiger partial charge in [0.2, 0.25) is 0 Å². The summed E-state index contributed by atoms with van der Waals surface area (Å²) in [4.78, 5) is 25.3. The van der Waals surface area contributed by atoms with Crippen molar-refractivity contribution < 1.29 is 0 Å². The van der Waals surface area contributed by atoms with Crippen LogP contribution < -0.4 is 17.0 Å². The molecule has 0 aliphatic rings. The SMILES string of the molecule is NCc1cn(Cc2ccc(Br)cc2)c(=O)[nH]c1=O. The first kappa shape index (κ1) is 12.8. The van der Waals surface area contributed by atoms with Crippen molar-refractivity contribution in [3.63, 3.8) is 0 Å². The fraction of sp³-hybridized carbons (Fsp3) is 0.167. The molecular weight excluding hydrogens is 298 g/mol. The number of rotatable bonds is 3. The van der Waals surface area contributed by atoms with E-state index in [9.17, 15) is 9.59 Å². The molecule has 6 heteroatoms. The molecule has 0 radical (unpaired) electrons.